The lowest BCUT2D eigenvalue weighted by molar-refractivity contribution is 0.0238. The summed E-state index contributed by atoms with van der Waals surface area (Å²) in [6.07, 6.45) is 0.360. The van der Waals surface area contributed by atoms with Crippen molar-refractivity contribution in [3.8, 4) is 0 Å². The first-order valence-electron chi connectivity index (χ1n) is 11.8. The summed E-state index contributed by atoms with van der Waals surface area (Å²) >= 11 is 1.51. The highest BCUT2D eigenvalue weighted by atomic mass is 32.2. The van der Waals surface area contributed by atoms with Crippen LogP contribution in [0.4, 0.5) is 8.78 Å². The molecule has 0 aliphatic heterocycles. The van der Waals surface area contributed by atoms with Crippen molar-refractivity contribution in [1.82, 2.24) is 5.32 Å². The molecule has 3 N–H and O–H groups in total. The predicted molar refractivity (Wildman–Crippen MR) is 139 cm³/mol. The number of thioether (sulfide) groups is 1. The van der Waals surface area contributed by atoms with Crippen LogP contribution in [0, 0.1) is 11.6 Å². The van der Waals surface area contributed by atoms with Gasteiger partial charge in [0.15, 0.2) is 0 Å². The van der Waals surface area contributed by atoms with E-state index in [0.29, 0.717) is 23.6 Å². The SMILES string of the molecule is CCc1cccc(CNCC(OC(=O)c2ccc(SCOC)cc2)C(N)Cc2cc(F)cc(F)c2)c1. The highest BCUT2D eigenvalue weighted by Gasteiger charge is 2.24. The van der Waals surface area contributed by atoms with Gasteiger partial charge in [-0.05, 0) is 65.9 Å². The Morgan fingerprint density at radius 1 is 1.00 bits per heavy atom. The third kappa shape index (κ3) is 8.71. The van der Waals surface area contributed by atoms with Gasteiger partial charge in [-0.3, -0.25) is 0 Å². The van der Waals surface area contributed by atoms with E-state index in [4.69, 9.17) is 15.2 Å². The van der Waals surface area contributed by atoms with Crippen molar-refractivity contribution in [2.45, 2.75) is 43.4 Å². The highest BCUT2D eigenvalue weighted by Crippen LogP contribution is 2.19. The normalized spacial score (nSPS) is 12.8. The number of hydrogen-bond donors (Lipinski definition) is 2. The minimum absolute atomic E-state index is 0.145. The molecule has 0 amide bonds. The van der Waals surface area contributed by atoms with Crippen molar-refractivity contribution >= 4 is 17.7 Å². The van der Waals surface area contributed by atoms with Crippen molar-refractivity contribution in [1.29, 1.82) is 0 Å². The number of hydrogen-bond acceptors (Lipinski definition) is 6. The zero-order valence-corrected chi connectivity index (χ0v) is 21.3. The molecule has 0 spiro atoms. The van der Waals surface area contributed by atoms with Crippen LogP contribution in [0.1, 0.15) is 34.0 Å². The maximum absolute atomic E-state index is 13.7. The number of nitrogens with one attached hydrogen (secondary N) is 1. The van der Waals surface area contributed by atoms with E-state index in [0.717, 1.165) is 22.9 Å². The summed E-state index contributed by atoms with van der Waals surface area (Å²) in [7, 11) is 1.62. The zero-order chi connectivity index (χ0) is 25.9. The molecule has 0 bridgehead atoms. The third-order valence-electron chi connectivity index (χ3n) is 5.64. The van der Waals surface area contributed by atoms with E-state index in [2.05, 4.69) is 24.4 Å². The quantitative estimate of drug-likeness (QED) is 0.188. The lowest BCUT2D eigenvalue weighted by Gasteiger charge is -2.25. The number of carbonyl (C=O) groups excluding carboxylic acids is 1. The van der Waals surface area contributed by atoms with Crippen molar-refractivity contribution < 1.29 is 23.0 Å². The van der Waals surface area contributed by atoms with Gasteiger partial charge >= 0.3 is 5.97 Å². The van der Waals surface area contributed by atoms with Crippen LogP contribution in [0.5, 0.6) is 0 Å². The maximum Gasteiger partial charge on any atom is 0.338 e. The Hall–Kier alpha value is -2.78. The van der Waals surface area contributed by atoms with Crippen molar-refractivity contribution in [2.24, 2.45) is 5.73 Å². The van der Waals surface area contributed by atoms with E-state index in [1.807, 2.05) is 24.3 Å². The van der Waals surface area contributed by atoms with Crippen LogP contribution < -0.4 is 11.1 Å². The fraction of sp³-hybridized carbons (Fsp3) is 0.321. The molecule has 2 atom stereocenters. The van der Waals surface area contributed by atoms with Crippen LogP contribution in [0.3, 0.4) is 0 Å². The first-order valence-corrected chi connectivity index (χ1v) is 12.8. The molecule has 0 saturated heterocycles. The molecule has 0 radical (unpaired) electrons. The minimum Gasteiger partial charge on any atom is -0.456 e. The summed E-state index contributed by atoms with van der Waals surface area (Å²) in [6, 6.07) is 17.8. The van der Waals surface area contributed by atoms with Crippen molar-refractivity contribution in [3.63, 3.8) is 0 Å². The average Bonchev–Trinajstić information content (AvgIpc) is 2.86. The largest absolute Gasteiger partial charge is 0.456 e. The van der Waals surface area contributed by atoms with Crippen LogP contribution in [0.15, 0.2) is 71.6 Å². The summed E-state index contributed by atoms with van der Waals surface area (Å²) in [6.45, 7) is 2.94. The lowest BCUT2D eigenvalue weighted by Crippen LogP contribution is -2.46. The molecular weight excluding hydrogens is 482 g/mol. The number of esters is 1. The van der Waals surface area contributed by atoms with Gasteiger partial charge in [0.25, 0.3) is 0 Å². The van der Waals surface area contributed by atoms with Gasteiger partial charge in [0.05, 0.1) is 11.5 Å². The fourth-order valence-electron chi connectivity index (χ4n) is 3.75. The molecule has 3 aromatic carbocycles. The summed E-state index contributed by atoms with van der Waals surface area (Å²) < 4.78 is 38.2. The molecule has 0 aliphatic carbocycles. The summed E-state index contributed by atoms with van der Waals surface area (Å²) in [5, 5.41) is 3.31. The van der Waals surface area contributed by atoms with E-state index in [9.17, 15) is 13.6 Å². The number of aryl methyl sites for hydroxylation is 1. The van der Waals surface area contributed by atoms with E-state index in [1.165, 1.54) is 29.5 Å². The van der Waals surface area contributed by atoms with Gasteiger partial charge in [-0.2, -0.15) is 0 Å². The van der Waals surface area contributed by atoms with E-state index in [-0.39, 0.29) is 13.0 Å². The number of halogens is 2. The average molecular weight is 515 g/mol. The number of rotatable bonds is 13. The zero-order valence-electron chi connectivity index (χ0n) is 20.5. The second kappa shape index (κ2) is 14.1. The van der Waals surface area contributed by atoms with Gasteiger partial charge in [-0.1, -0.05) is 43.0 Å². The maximum atomic E-state index is 13.7. The van der Waals surface area contributed by atoms with Gasteiger partial charge in [-0.25, -0.2) is 13.6 Å². The fourth-order valence-corrected chi connectivity index (χ4v) is 4.33. The molecule has 0 aromatic heterocycles. The smallest absolute Gasteiger partial charge is 0.338 e. The van der Waals surface area contributed by atoms with Crippen molar-refractivity contribution in [2.75, 3.05) is 19.6 Å². The summed E-state index contributed by atoms with van der Waals surface area (Å²) in [5.41, 5.74) is 9.52. The van der Waals surface area contributed by atoms with Gasteiger partial charge in [0.2, 0.25) is 0 Å². The predicted octanol–water partition coefficient (Wildman–Crippen LogP) is 5.11. The molecule has 0 heterocycles. The molecule has 3 rings (SSSR count). The number of nitrogens with two attached hydrogens (primary N) is 1. The number of carbonyl (C=O) groups is 1. The van der Waals surface area contributed by atoms with Crippen LogP contribution in [-0.4, -0.2) is 37.7 Å². The van der Waals surface area contributed by atoms with E-state index >= 15 is 0 Å². The highest BCUT2D eigenvalue weighted by molar-refractivity contribution is 7.99. The molecular formula is C28H32F2N2O3S. The second-order valence-corrected chi connectivity index (χ2v) is 9.46. The number of methoxy groups -OCH3 is 1. The second-order valence-electron chi connectivity index (χ2n) is 8.47. The molecule has 0 fully saturated rings. The summed E-state index contributed by atoms with van der Waals surface area (Å²) in [5.74, 6) is -1.36. The van der Waals surface area contributed by atoms with Gasteiger partial charge in [0.1, 0.15) is 17.7 Å². The molecule has 192 valence electrons. The Balaban J connectivity index is 1.69. The first kappa shape index (κ1) is 27.8. The molecule has 0 saturated carbocycles. The van der Waals surface area contributed by atoms with Gasteiger partial charge < -0.3 is 20.5 Å². The lowest BCUT2D eigenvalue weighted by atomic mass is 10.0. The summed E-state index contributed by atoms with van der Waals surface area (Å²) in [4.78, 5) is 13.9. The molecule has 5 nitrogen and oxygen atoms in total. The van der Waals surface area contributed by atoms with Crippen molar-refractivity contribution in [3.05, 3.63) is 101 Å². The third-order valence-corrected chi connectivity index (χ3v) is 6.60. The van der Waals surface area contributed by atoms with Crippen LogP contribution >= 0.6 is 11.8 Å². The molecule has 36 heavy (non-hydrogen) atoms. The number of ether oxygens (including phenoxy) is 2. The Labute approximate surface area is 215 Å². The monoisotopic (exact) mass is 514 g/mol. The molecule has 2 unspecified atom stereocenters. The van der Waals surface area contributed by atoms with E-state index in [1.54, 1.807) is 19.2 Å². The first-order chi connectivity index (χ1) is 17.4. The Bertz CT molecular complexity index is 1110. The number of benzene rings is 3. The van der Waals surface area contributed by atoms with Gasteiger partial charge in [0, 0.05) is 37.2 Å². The van der Waals surface area contributed by atoms with Crippen LogP contribution in [0.25, 0.3) is 0 Å². The topological polar surface area (TPSA) is 73.6 Å². The van der Waals surface area contributed by atoms with Gasteiger partial charge in [-0.15, -0.1) is 0 Å². The Morgan fingerprint density at radius 2 is 1.69 bits per heavy atom. The molecule has 8 heteroatoms. The van der Waals surface area contributed by atoms with E-state index < -0.39 is 29.7 Å². The van der Waals surface area contributed by atoms with Crippen LogP contribution in [-0.2, 0) is 28.9 Å². The molecule has 0 aliphatic rings. The standard InChI is InChI=1S/C28H32F2N2O3S/c1-3-19-5-4-6-20(11-19)16-32-17-27(26(31)14-21-12-23(29)15-24(30)13-21)35-28(33)22-7-9-25(10-8-22)36-18-34-2/h4-13,15,26-27,32H,3,14,16-18,31H2,1-2H3. The van der Waals surface area contributed by atoms with Crippen LogP contribution in [0.2, 0.25) is 0 Å². The molecule has 3 aromatic rings. The minimum atomic E-state index is -0.722. The Kier molecular flexibility index (Phi) is 10.9. The Morgan fingerprint density at radius 3 is 2.36 bits per heavy atom.